The highest BCUT2D eigenvalue weighted by atomic mass is 35.5. The van der Waals surface area contributed by atoms with Gasteiger partial charge in [-0.25, -0.2) is 0 Å². The zero-order chi connectivity index (χ0) is 15.1. The third-order valence-corrected chi connectivity index (χ3v) is 3.93. The molecule has 6 heteroatoms. The smallest absolute Gasteiger partial charge is 0.256 e. The van der Waals surface area contributed by atoms with Gasteiger partial charge >= 0.3 is 0 Å². The van der Waals surface area contributed by atoms with E-state index in [4.69, 9.17) is 17.3 Å². The monoisotopic (exact) mass is 295 g/mol. The molecule has 1 aliphatic rings. The van der Waals surface area contributed by atoms with Crippen molar-refractivity contribution in [3.63, 3.8) is 0 Å². The van der Waals surface area contributed by atoms with Crippen LogP contribution in [0.25, 0.3) is 0 Å². The molecular formula is C14H18ClN3O2. The van der Waals surface area contributed by atoms with E-state index in [1.165, 1.54) is 0 Å². The van der Waals surface area contributed by atoms with Crippen molar-refractivity contribution in [3.8, 4) is 0 Å². The second-order valence-electron chi connectivity index (χ2n) is 5.47. The fourth-order valence-electron chi connectivity index (χ4n) is 2.44. The van der Waals surface area contributed by atoms with Gasteiger partial charge in [0.05, 0.1) is 5.56 Å². The molecule has 0 saturated carbocycles. The van der Waals surface area contributed by atoms with Crippen molar-refractivity contribution < 1.29 is 9.59 Å². The lowest BCUT2D eigenvalue weighted by Gasteiger charge is -2.44. The van der Waals surface area contributed by atoms with Gasteiger partial charge in [0, 0.05) is 30.8 Å². The molecule has 108 valence electrons. The van der Waals surface area contributed by atoms with Crippen molar-refractivity contribution in [2.24, 2.45) is 0 Å². The Bertz CT molecular complexity index is 572. The number of carbonyl (C=O) groups excluding carboxylic acids is 2. The topological polar surface area (TPSA) is 66.6 Å². The van der Waals surface area contributed by atoms with Crippen LogP contribution in [0.1, 0.15) is 24.2 Å². The van der Waals surface area contributed by atoms with Gasteiger partial charge in [-0.3, -0.25) is 9.59 Å². The second kappa shape index (κ2) is 4.98. The van der Waals surface area contributed by atoms with E-state index in [0.29, 0.717) is 29.4 Å². The Morgan fingerprint density at radius 3 is 2.60 bits per heavy atom. The molecular weight excluding hydrogens is 278 g/mol. The van der Waals surface area contributed by atoms with E-state index < -0.39 is 5.54 Å². The van der Waals surface area contributed by atoms with Crippen molar-refractivity contribution >= 4 is 29.1 Å². The van der Waals surface area contributed by atoms with Crippen molar-refractivity contribution in [1.82, 2.24) is 9.80 Å². The Kier molecular flexibility index (Phi) is 3.65. The SMILES string of the molecule is CN1CCN(C(=O)c2ccc(Cl)cc2N)C(C)(C)C1=O. The lowest BCUT2D eigenvalue weighted by Crippen LogP contribution is -2.63. The Morgan fingerprint density at radius 1 is 1.35 bits per heavy atom. The molecule has 5 nitrogen and oxygen atoms in total. The summed E-state index contributed by atoms with van der Waals surface area (Å²) in [5.41, 5.74) is 5.67. The van der Waals surface area contributed by atoms with Crippen LogP contribution in [0.3, 0.4) is 0 Å². The van der Waals surface area contributed by atoms with E-state index in [0.717, 1.165) is 0 Å². The highest BCUT2D eigenvalue weighted by Crippen LogP contribution is 2.26. The Morgan fingerprint density at radius 2 is 2.00 bits per heavy atom. The molecule has 1 aromatic rings. The third kappa shape index (κ3) is 2.33. The number of nitrogen functional groups attached to an aromatic ring is 1. The second-order valence-corrected chi connectivity index (χ2v) is 5.91. The highest BCUT2D eigenvalue weighted by Gasteiger charge is 2.43. The van der Waals surface area contributed by atoms with Crippen LogP contribution in [0, 0.1) is 0 Å². The third-order valence-electron chi connectivity index (χ3n) is 3.69. The van der Waals surface area contributed by atoms with Crippen LogP contribution in [0.15, 0.2) is 18.2 Å². The van der Waals surface area contributed by atoms with E-state index in [9.17, 15) is 9.59 Å². The number of piperazine rings is 1. The molecule has 0 spiro atoms. The van der Waals surface area contributed by atoms with Gasteiger partial charge in [0.2, 0.25) is 5.91 Å². The van der Waals surface area contributed by atoms with E-state index in [1.54, 1.807) is 48.9 Å². The summed E-state index contributed by atoms with van der Waals surface area (Å²) < 4.78 is 0. The summed E-state index contributed by atoms with van der Waals surface area (Å²) >= 11 is 5.84. The van der Waals surface area contributed by atoms with Crippen LogP contribution < -0.4 is 5.73 Å². The average molecular weight is 296 g/mol. The molecule has 2 amide bonds. The maximum Gasteiger partial charge on any atom is 0.256 e. The minimum absolute atomic E-state index is 0.0790. The molecule has 20 heavy (non-hydrogen) atoms. The fraction of sp³-hybridized carbons (Fsp3) is 0.429. The maximum atomic E-state index is 12.6. The Labute approximate surface area is 123 Å². The largest absolute Gasteiger partial charge is 0.398 e. The summed E-state index contributed by atoms with van der Waals surface area (Å²) in [4.78, 5) is 28.0. The predicted octanol–water partition coefficient (Wildman–Crippen LogP) is 1.61. The summed E-state index contributed by atoms with van der Waals surface area (Å²) in [6, 6.07) is 4.76. The van der Waals surface area contributed by atoms with E-state index in [1.807, 2.05) is 0 Å². The molecule has 0 aromatic heterocycles. The molecule has 0 bridgehead atoms. The summed E-state index contributed by atoms with van der Waals surface area (Å²) in [6.07, 6.45) is 0. The van der Waals surface area contributed by atoms with Gasteiger partial charge in [-0.2, -0.15) is 0 Å². The molecule has 2 N–H and O–H groups in total. The number of rotatable bonds is 1. The van der Waals surface area contributed by atoms with Gasteiger partial charge in [0.25, 0.3) is 5.91 Å². The molecule has 2 rings (SSSR count). The number of amides is 2. The van der Waals surface area contributed by atoms with Crippen LogP contribution in [0.5, 0.6) is 0 Å². The molecule has 1 fully saturated rings. The minimum Gasteiger partial charge on any atom is -0.398 e. The van der Waals surface area contributed by atoms with E-state index in [-0.39, 0.29) is 11.8 Å². The summed E-state index contributed by atoms with van der Waals surface area (Å²) in [6.45, 7) is 4.49. The Hall–Kier alpha value is -1.75. The molecule has 1 aromatic carbocycles. The van der Waals surface area contributed by atoms with Gasteiger partial charge < -0.3 is 15.5 Å². The van der Waals surface area contributed by atoms with Crippen LogP contribution >= 0.6 is 11.6 Å². The van der Waals surface area contributed by atoms with Crippen LogP contribution in [0.4, 0.5) is 5.69 Å². The first-order chi connectivity index (χ1) is 9.25. The van der Waals surface area contributed by atoms with Crippen molar-refractivity contribution in [1.29, 1.82) is 0 Å². The zero-order valence-electron chi connectivity index (χ0n) is 11.8. The Balaban J connectivity index is 2.35. The van der Waals surface area contributed by atoms with Gasteiger partial charge in [-0.15, -0.1) is 0 Å². The molecule has 1 saturated heterocycles. The minimum atomic E-state index is -0.879. The fourth-order valence-corrected chi connectivity index (χ4v) is 2.62. The summed E-state index contributed by atoms with van der Waals surface area (Å²) in [7, 11) is 1.74. The molecule has 1 aliphatic heterocycles. The van der Waals surface area contributed by atoms with Gasteiger partial charge in [-0.05, 0) is 32.0 Å². The molecule has 0 radical (unpaired) electrons. The normalized spacial score (nSPS) is 18.3. The maximum absolute atomic E-state index is 12.6. The lowest BCUT2D eigenvalue weighted by atomic mass is 9.96. The number of nitrogens with zero attached hydrogens (tertiary/aromatic N) is 2. The summed E-state index contributed by atoms with van der Waals surface area (Å²) in [5.74, 6) is -0.324. The molecule has 1 heterocycles. The van der Waals surface area contributed by atoms with E-state index in [2.05, 4.69) is 0 Å². The predicted molar refractivity (Wildman–Crippen MR) is 78.6 cm³/mol. The highest BCUT2D eigenvalue weighted by molar-refractivity contribution is 6.31. The number of nitrogens with two attached hydrogens (primary N) is 1. The van der Waals surface area contributed by atoms with Crippen LogP contribution in [-0.4, -0.2) is 47.3 Å². The van der Waals surface area contributed by atoms with E-state index >= 15 is 0 Å². The quantitative estimate of drug-likeness (QED) is 0.801. The first-order valence-electron chi connectivity index (χ1n) is 6.37. The van der Waals surface area contributed by atoms with Crippen LogP contribution in [-0.2, 0) is 4.79 Å². The van der Waals surface area contributed by atoms with Crippen molar-refractivity contribution in [2.75, 3.05) is 25.9 Å². The number of carbonyl (C=O) groups is 2. The number of likely N-dealkylation sites (N-methyl/N-ethyl adjacent to an activating group) is 1. The standard InChI is InChI=1S/C14H18ClN3O2/c1-14(2)13(20)17(3)6-7-18(14)12(19)10-5-4-9(15)8-11(10)16/h4-5,8H,6-7,16H2,1-3H3. The number of hydrogen-bond acceptors (Lipinski definition) is 3. The number of halogens is 1. The first-order valence-corrected chi connectivity index (χ1v) is 6.75. The molecule has 0 aliphatic carbocycles. The molecule has 0 atom stereocenters. The van der Waals surface area contributed by atoms with Crippen molar-refractivity contribution in [3.05, 3.63) is 28.8 Å². The van der Waals surface area contributed by atoms with Crippen LogP contribution in [0.2, 0.25) is 5.02 Å². The average Bonchev–Trinajstić information content (AvgIpc) is 2.35. The molecule has 0 unspecified atom stereocenters. The number of anilines is 1. The number of hydrogen-bond donors (Lipinski definition) is 1. The van der Waals surface area contributed by atoms with Gasteiger partial charge in [0.1, 0.15) is 5.54 Å². The van der Waals surface area contributed by atoms with Gasteiger partial charge in [0.15, 0.2) is 0 Å². The number of benzene rings is 1. The lowest BCUT2D eigenvalue weighted by molar-refractivity contribution is -0.144. The van der Waals surface area contributed by atoms with Gasteiger partial charge in [-0.1, -0.05) is 11.6 Å². The first kappa shape index (κ1) is 14.7. The zero-order valence-corrected chi connectivity index (χ0v) is 12.6. The summed E-state index contributed by atoms with van der Waals surface area (Å²) in [5, 5.41) is 0.479. The van der Waals surface area contributed by atoms with Crippen molar-refractivity contribution in [2.45, 2.75) is 19.4 Å².